The van der Waals surface area contributed by atoms with Crippen LogP contribution in [0.4, 0.5) is 5.82 Å². The van der Waals surface area contributed by atoms with Crippen molar-refractivity contribution in [3.05, 3.63) is 17.1 Å². The summed E-state index contributed by atoms with van der Waals surface area (Å²) in [5.41, 5.74) is 7.04. The Balaban J connectivity index is 3.09. The first-order chi connectivity index (χ1) is 6.56. The van der Waals surface area contributed by atoms with E-state index in [-0.39, 0.29) is 11.5 Å². The van der Waals surface area contributed by atoms with Gasteiger partial charge in [0.05, 0.1) is 18.0 Å². The van der Waals surface area contributed by atoms with Crippen molar-refractivity contribution in [2.75, 3.05) is 12.3 Å². The zero-order valence-electron chi connectivity index (χ0n) is 8.50. The number of hydrogen-bond acceptors (Lipinski definition) is 5. The first-order valence-corrected chi connectivity index (χ1v) is 4.34. The molecule has 0 aliphatic carbocycles. The van der Waals surface area contributed by atoms with Crippen LogP contribution in [0.5, 0.6) is 0 Å². The highest BCUT2D eigenvalue weighted by atomic mass is 16.5. The fourth-order valence-electron chi connectivity index (χ4n) is 0.970. The summed E-state index contributed by atoms with van der Waals surface area (Å²) in [6.07, 6.45) is 0. The van der Waals surface area contributed by atoms with Crippen LogP contribution in [-0.2, 0) is 4.74 Å². The number of nitrogens with zero attached hydrogens (tertiary/aromatic N) is 2. The monoisotopic (exact) mass is 195 g/mol. The van der Waals surface area contributed by atoms with E-state index in [0.29, 0.717) is 12.3 Å². The average Bonchev–Trinajstić information content (AvgIpc) is 2.11. The molecule has 0 atom stereocenters. The smallest absolute Gasteiger partial charge is 0.360 e. The largest absolute Gasteiger partial charge is 0.461 e. The highest BCUT2D eigenvalue weighted by Gasteiger charge is 2.15. The predicted octanol–water partition coefficient (Wildman–Crippen LogP) is 0.852. The van der Waals surface area contributed by atoms with Crippen LogP contribution in [0.3, 0.4) is 0 Å². The van der Waals surface area contributed by atoms with Gasteiger partial charge in [-0.1, -0.05) is 0 Å². The van der Waals surface area contributed by atoms with E-state index in [9.17, 15) is 4.79 Å². The molecule has 76 valence electrons. The van der Waals surface area contributed by atoms with Crippen LogP contribution in [0.25, 0.3) is 0 Å². The van der Waals surface area contributed by atoms with E-state index in [1.165, 1.54) is 0 Å². The summed E-state index contributed by atoms with van der Waals surface area (Å²) in [5, 5.41) is 0. The van der Waals surface area contributed by atoms with Crippen LogP contribution in [0.2, 0.25) is 0 Å². The van der Waals surface area contributed by atoms with Gasteiger partial charge in [0, 0.05) is 0 Å². The van der Waals surface area contributed by atoms with E-state index in [2.05, 4.69) is 9.97 Å². The third-order valence-electron chi connectivity index (χ3n) is 1.80. The van der Waals surface area contributed by atoms with E-state index < -0.39 is 5.97 Å². The number of ether oxygens (including phenoxy) is 1. The molecule has 2 N–H and O–H groups in total. The van der Waals surface area contributed by atoms with Gasteiger partial charge in [-0.2, -0.15) is 0 Å². The molecule has 0 amide bonds. The molecule has 5 nitrogen and oxygen atoms in total. The number of anilines is 1. The molecule has 0 aromatic carbocycles. The van der Waals surface area contributed by atoms with E-state index in [0.717, 1.165) is 5.69 Å². The van der Waals surface area contributed by atoms with E-state index >= 15 is 0 Å². The van der Waals surface area contributed by atoms with Crippen LogP contribution in [-0.4, -0.2) is 22.5 Å². The summed E-state index contributed by atoms with van der Waals surface area (Å²) in [7, 11) is 0. The average molecular weight is 195 g/mol. The van der Waals surface area contributed by atoms with Crippen LogP contribution in [0, 0.1) is 13.8 Å². The fraction of sp³-hybridized carbons (Fsp3) is 0.444. The van der Waals surface area contributed by atoms with Gasteiger partial charge in [0.15, 0.2) is 11.5 Å². The molecule has 0 spiro atoms. The summed E-state index contributed by atoms with van der Waals surface area (Å²) >= 11 is 0. The molecule has 1 heterocycles. The third kappa shape index (κ3) is 1.99. The van der Waals surface area contributed by atoms with Crippen molar-refractivity contribution in [2.24, 2.45) is 0 Å². The van der Waals surface area contributed by atoms with Gasteiger partial charge in [-0.05, 0) is 20.8 Å². The van der Waals surface area contributed by atoms with Gasteiger partial charge in [0.2, 0.25) is 0 Å². The second kappa shape index (κ2) is 4.04. The summed E-state index contributed by atoms with van der Waals surface area (Å²) in [5.74, 6) is -0.410. The zero-order chi connectivity index (χ0) is 10.7. The summed E-state index contributed by atoms with van der Waals surface area (Å²) in [4.78, 5) is 19.3. The van der Waals surface area contributed by atoms with Crippen LogP contribution < -0.4 is 5.73 Å². The normalized spacial score (nSPS) is 9.93. The second-order valence-electron chi connectivity index (χ2n) is 2.85. The van der Waals surface area contributed by atoms with Crippen molar-refractivity contribution in [3.8, 4) is 0 Å². The van der Waals surface area contributed by atoms with Gasteiger partial charge in [0.25, 0.3) is 0 Å². The number of rotatable bonds is 2. The molecule has 1 aromatic heterocycles. The third-order valence-corrected chi connectivity index (χ3v) is 1.80. The van der Waals surface area contributed by atoms with E-state index in [1.807, 2.05) is 0 Å². The summed E-state index contributed by atoms with van der Waals surface area (Å²) in [6, 6.07) is 0. The summed E-state index contributed by atoms with van der Waals surface area (Å²) in [6.45, 7) is 5.58. The topological polar surface area (TPSA) is 78.1 Å². The van der Waals surface area contributed by atoms with Crippen molar-refractivity contribution < 1.29 is 9.53 Å². The first-order valence-electron chi connectivity index (χ1n) is 4.34. The Morgan fingerprint density at radius 3 is 2.50 bits per heavy atom. The minimum Gasteiger partial charge on any atom is -0.461 e. The van der Waals surface area contributed by atoms with Crippen LogP contribution in [0.1, 0.15) is 28.8 Å². The Kier molecular flexibility index (Phi) is 3.01. The highest BCUT2D eigenvalue weighted by Crippen LogP contribution is 2.10. The van der Waals surface area contributed by atoms with E-state index in [4.69, 9.17) is 10.5 Å². The Bertz CT molecular complexity index is 363. The Morgan fingerprint density at radius 1 is 1.36 bits per heavy atom. The number of esters is 1. The molecule has 0 saturated heterocycles. The maximum Gasteiger partial charge on any atom is 0.360 e. The quantitative estimate of drug-likeness (QED) is 0.708. The molecule has 0 radical (unpaired) electrons. The van der Waals surface area contributed by atoms with Gasteiger partial charge in [-0.25, -0.2) is 14.8 Å². The number of nitrogens with two attached hydrogens (primary N) is 1. The van der Waals surface area contributed by atoms with Gasteiger partial charge >= 0.3 is 5.97 Å². The van der Waals surface area contributed by atoms with Crippen molar-refractivity contribution in [1.29, 1.82) is 0 Å². The van der Waals surface area contributed by atoms with Crippen molar-refractivity contribution in [1.82, 2.24) is 9.97 Å². The van der Waals surface area contributed by atoms with E-state index in [1.54, 1.807) is 20.8 Å². The van der Waals surface area contributed by atoms with Gasteiger partial charge < -0.3 is 10.5 Å². The highest BCUT2D eigenvalue weighted by molar-refractivity contribution is 5.91. The number of hydrogen-bond donors (Lipinski definition) is 1. The fourth-order valence-corrected chi connectivity index (χ4v) is 0.970. The molecule has 0 saturated carbocycles. The van der Waals surface area contributed by atoms with Crippen molar-refractivity contribution >= 4 is 11.8 Å². The number of aromatic nitrogens is 2. The molecule has 1 aromatic rings. The van der Waals surface area contributed by atoms with Gasteiger partial charge in [-0.3, -0.25) is 0 Å². The second-order valence-corrected chi connectivity index (χ2v) is 2.85. The van der Waals surface area contributed by atoms with Crippen LogP contribution >= 0.6 is 0 Å². The molecule has 0 unspecified atom stereocenters. The lowest BCUT2D eigenvalue weighted by molar-refractivity contribution is 0.0520. The molecular formula is C9H13N3O2. The SMILES string of the molecule is CCOC(=O)c1nc(C)c(C)nc1N. The molecule has 5 heteroatoms. The lowest BCUT2D eigenvalue weighted by Gasteiger charge is -2.06. The summed E-state index contributed by atoms with van der Waals surface area (Å²) < 4.78 is 4.78. The van der Waals surface area contributed by atoms with Crippen molar-refractivity contribution in [3.63, 3.8) is 0 Å². The Morgan fingerprint density at radius 2 is 1.93 bits per heavy atom. The molecule has 0 fully saturated rings. The minimum atomic E-state index is -0.527. The number of nitrogen functional groups attached to an aromatic ring is 1. The number of aryl methyl sites for hydroxylation is 2. The molecule has 0 aliphatic rings. The predicted molar refractivity (Wildman–Crippen MR) is 51.9 cm³/mol. The Hall–Kier alpha value is -1.65. The zero-order valence-corrected chi connectivity index (χ0v) is 8.50. The number of carbonyl (C=O) groups excluding carboxylic acids is 1. The molecule has 14 heavy (non-hydrogen) atoms. The molecule has 0 aliphatic heterocycles. The minimum absolute atomic E-state index is 0.0925. The first kappa shape index (κ1) is 10.4. The van der Waals surface area contributed by atoms with Crippen molar-refractivity contribution in [2.45, 2.75) is 20.8 Å². The molecular weight excluding hydrogens is 182 g/mol. The molecule has 1 rings (SSSR count). The molecule has 0 bridgehead atoms. The lowest BCUT2D eigenvalue weighted by Crippen LogP contribution is -2.13. The lowest BCUT2D eigenvalue weighted by atomic mass is 10.3. The standard InChI is InChI=1S/C9H13N3O2/c1-4-14-9(13)7-8(10)12-6(3)5(2)11-7/h4H2,1-3H3,(H2,10,12). The van der Waals surface area contributed by atoms with Crippen LogP contribution in [0.15, 0.2) is 0 Å². The Labute approximate surface area is 82.3 Å². The number of carbonyl (C=O) groups is 1. The van der Waals surface area contributed by atoms with Gasteiger partial charge in [0.1, 0.15) is 0 Å². The van der Waals surface area contributed by atoms with Gasteiger partial charge in [-0.15, -0.1) is 0 Å². The maximum atomic E-state index is 11.3. The maximum absolute atomic E-state index is 11.3.